The third-order valence-electron chi connectivity index (χ3n) is 3.92. The molecule has 0 aliphatic heterocycles. The summed E-state index contributed by atoms with van der Waals surface area (Å²) in [5, 5.41) is 68.0. The molecule has 0 atom stereocenters. The van der Waals surface area contributed by atoms with E-state index in [4.69, 9.17) is 40.9 Å². The highest BCUT2D eigenvalue weighted by Gasteiger charge is 2.27. The minimum atomic E-state index is -1.11. The Kier molecular flexibility index (Phi) is 19.3. The molecule has 0 saturated heterocycles. The molecule has 0 aliphatic carbocycles. The monoisotopic (exact) mass is 400 g/mol. The standard InChI is InChI=1S/C7H12O2.2C5H12O4/c1-5(2)6(3)7(8)9-4;2*6-1-5(2-7,3-8)4-9/h1-4H3;2*6-9H,1-4H2. The van der Waals surface area contributed by atoms with E-state index >= 15 is 0 Å². The lowest BCUT2D eigenvalue weighted by atomic mass is 9.93. The van der Waals surface area contributed by atoms with Gasteiger partial charge < -0.3 is 45.6 Å². The summed E-state index contributed by atoms with van der Waals surface area (Å²) in [6, 6.07) is 0. The normalized spacial score (nSPS) is 10.8. The van der Waals surface area contributed by atoms with Crippen molar-refractivity contribution < 1.29 is 50.4 Å². The van der Waals surface area contributed by atoms with Gasteiger partial charge in [0.2, 0.25) is 0 Å². The zero-order valence-electron chi connectivity index (χ0n) is 16.6. The summed E-state index contributed by atoms with van der Waals surface area (Å²) in [5.41, 5.74) is -0.528. The van der Waals surface area contributed by atoms with E-state index in [2.05, 4.69) is 4.74 Å². The smallest absolute Gasteiger partial charge is 0.333 e. The molecule has 0 rings (SSSR count). The SMILES string of the molecule is COC(=O)C(C)=C(C)C.OCC(CO)(CO)CO.OCC(CO)(CO)CO. The quantitative estimate of drug-likeness (QED) is 0.150. The molecule has 0 spiro atoms. The Labute approximate surface area is 160 Å². The second-order valence-electron chi connectivity index (χ2n) is 6.38. The summed E-state index contributed by atoms with van der Waals surface area (Å²) in [5.74, 6) is -0.241. The largest absolute Gasteiger partial charge is 0.466 e. The maximum Gasteiger partial charge on any atom is 0.333 e. The molecule has 0 bridgehead atoms. The van der Waals surface area contributed by atoms with E-state index in [1.165, 1.54) is 7.11 Å². The van der Waals surface area contributed by atoms with Gasteiger partial charge in [-0.15, -0.1) is 0 Å². The second kappa shape index (κ2) is 17.0. The van der Waals surface area contributed by atoms with Crippen LogP contribution in [0.3, 0.4) is 0 Å². The van der Waals surface area contributed by atoms with Crippen LogP contribution in [-0.4, -0.2) is 107 Å². The highest BCUT2D eigenvalue weighted by Crippen LogP contribution is 2.12. The molecular formula is C17H36O10. The second-order valence-corrected chi connectivity index (χ2v) is 6.38. The Balaban J connectivity index is -0.000000320. The molecule has 0 fully saturated rings. The molecule has 0 radical (unpaired) electrons. The van der Waals surface area contributed by atoms with Crippen LogP contribution in [0.4, 0.5) is 0 Å². The number of hydrogen-bond donors (Lipinski definition) is 8. The minimum absolute atomic E-state index is 0.241. The fraction of sp³-hybridized carbons (Fsp3) is 0.824. The van der Waals surface area contributed by atoms with Gasteiger partial charge >= 0.3 is 5.97 Å². The van der Waals surface area contributed by atoms with Gasteiger partial charge in [0.05, 0.1) is 70.8 Å². The van der Waals surface area contributed by atoms with E-state index in [-0.39, 0.29) is 5.97 Å². The van der Waals surface area contributed by atoms with Crippen molar-refractivity contribution in [2.75, 3.05) is 60.0 Å². The summed E-state index contributed by atoms with van der Waals surface area (Å²) in [6.45, 7) is 2.26. The first kappa shape index (κ1) is 30.6. The maximum atomic E-state index is 10.7. The van der Waals surface area contributed by atoms with E-state index in [9.17, 15) is 4.79 Å². The molecule has 10 nitrogen and oxygen atoms in total. The Morgan fingerprint density at radius 2 is 0.852 bits per heavy atom. The Morgan fingerprint density at radius 1 is 0.630 bits per heavy atom. The summed E-state index contributed by atoms with van der Waals surface area (Å²) in [6.07, 6.45) is 0. The number of esters is 1. The van der Waals surface area contributed by atoms with Gasteiger partial charge in [-0.05, 0) is 20.8 Å². The van der Waals surface area contributed by atoms with Crippen LogP contribution in [0.2, 0.25) is 0 Å². The van der Waals surface area contributed by atoms with E-state index in [0.29, 0.717) is 5.57 Å². The van der Waals surface area contributed by atoms with Crippen molar-refractivity contribution in [2.24, 2.45) is 10.8 Å². The zero-order valence-corrected chi connectivity index (χ0v) is 16.6. The molecule has 0 heterocycles. The van der Waals surface area contributed by atoms with Crippen LogP contribution in [0.1, 0.15) is 20.8 Å². The molecule has 27 heavy (non-hydrogen) atoms. The summed E-state index contributed by atoms with van der Waals surface area (Å²) >= 11 is 0. The fourth-order valence-electron chi connectivity index (χ4n) is 0.957. The number of hydrogen-bond acceptors (Lipinski definition) is 10. The topological polar surface area (TPSA) is 188 Å². The molecule has 0 aromatic heterocycles. The molecule has 10 heteroatoms. The molecule has 0 amide bonds. The van der Waals surface area contributed by atoms with Crippen LogP contribution in [0.15, 0.2) is 11.1 Å². The summed E-state index contributed by atoms with van der Waals surface area (Å²) in [7, 11) is 1.38. The number of allylic oxidation sites excluding steroid dienone is 1. The molecule has 0 aromatic carbocycles. The summed E-state index contributed by atoms with van der Waals surface area (Å²) in [4.78, 5) is 10.7. The van der Waals surface area contributed by atoms with Crippen molar-refractivity contribution in [2.45, 2.75) is 20.8 Å². The summed E-state index contributed by atoms with van der Waals surface area (Å²) < 4.78 is 4.48. The molecule has 0 saturated carbocycles. The lowest BCUT2D eigenvalue weighted by Crippen LogP contribution is -2.37. The average Bonchev–Trinajstić information content (AvgIpc) is 2.72. The van der Waals surface area contributed by atoms with Gasteiger partial charge in [-0.3, -0.25) is 0 Å². The third-order valence-corrected chi connectivity index (χ3v) is 3.92. The lowest BCUT2D eigenvalue weighted by molar-refractivity contribution is -0.136. The number of methoxy groups -OCH3 is 1. The van der Waals surface area contributed by atoms with Crippen LogP contribution < -0.4 is 0 Å². The molecular weight excluding hydrogens is 364 g/mol. The van der Waals surface area contributed by atoms with Crippen molar-refractivity contribution >= 4 is 5.97 Å². The molecule has 0 aliphatic rings. The van der Waals surface area contributed by atoms with E-state index in [0.717, 1.165) is 5.57 Å². The van der Waals surface area contributed by atoms with Gasteiger partial charge in [-0.2, -0.15) is 0 Å². The van der Waals surface area contributed by atoms with Crippen molar-refractivity contribution in [3.05, 3.63) is 11.1 Å². The number of rotatable bonds is 9. The Bertz CT molecular complexity index is 341. The molecule has 0 aromatic rings. The Morgan fingerprint density at radius 3 is 0.889 bits per heavy atom. The van der Waals surface area contributed by atoms with Gasteiger partial charge in [-0.1, -0.05) is 5.57 Å². The third kappa shape index (κ3) is 12.1. The minimum Gasteiger partial charge on any atom is -0.466 e. The van der Waals surface area contributed by atoms with E-state index in [1.54, 1.807) is 6.92 Å². The zero-order chi connectivity index (χ0) is 22.1. The Hall–Kier alpha value is -1.11. The predicted molar refractivity (Wildman–Crippen MR) is 97.6 cm³/mol. The first-order valence-electron chi connectivity index (χ1n) is 8.17. The van der Waals surface area contributed by atoms with E-state index < -0.39 is 63.7 Å². The number of aliphatic hydroxyl groups excluding tert-OH is 8. The van der Waals surface area contributed by atoms with Gasteiger partial charge in [0.1, 0.15) is 0 Å². The van der Waals surface area contributed by atoms with Crippen LogP contribution in [0, 0.1) is 10.8 Å². The molecule has 0 unspecified atom stereocenters. The number of carbonyl (C=O) groups is 1. The van der Waals surface area contributed by atoms with Crippen molar-refractivity contribution in [3.8, 4) is 0 Å². The number of carbonyl (C=O) groups excluding carboxylic acids is 1. The highest BCUT2D eigenvalue weighted by molar-refractivity contribution is 5.88. The van der Waals surface area contributed by atoms with Crippen LogP contribution in [0.25, 0.3) is 0 Å². The highest BCUT2D eigenvalue weighted by atomic mass is 16.5. The van der Waals surface area contributed by atoms with E-state index in [1.807, 2.05) is 13.8 Å². The average molecular weight is 400 g/mol. The van der Waals surface area contributed by atoms with Crippen molar-refractivity contribution in [1.82, 2.24) is 0 Å². The van der Waals surface area contributed by atoms with Crippen molar-refractivity contribution in [1.29, 1.82) is 0 Å². The maximum absolute atomic E-state index is 10.7. The van der Waals surface area contributed by atoms with Gasteiger partial charge in [-0.25, -0.2) is 4.79 Å². The number of ether oxygens (including phenoxy) is 1. The first-order chi connectivity index (χ1) is 12.6. The van der Waals surface area contributed by atoms with Crippen LogP contribution in [-0.2, 0) is 9.53 Å². The van der Waals surface area contributed by atoms with Crippen molar-refractivity contribution in [3.63, 3.8) is 0 Å². The van der Waals surface area contributed by atoms with Gasteiger partial charge in [0, 0.05) is 5.57 Å². The molecule has 164 valence electrons. The predicted octanol–water partition coefficient (Wildman–Crippen LogP) is -2.60. The van der Waals surface area contributed by atoms with Gasteiger partial charge in [0.25, 0.3) is 0 Å². The number of aliphatic hydroxyl groups is 8. The fourth-order valence-corrected chi connectivity index (χ4v) is 0.957. The first-order valence-corrected chi connectivity index (χ1v) is 8.17. The molecule has 8 N–H and O–H groups in total. The van der Waals surface area contributed by atoms with Crippen LogP contribution >= 0.6 is 0 Å². The van der Waals surface area contributed by atoms with Gasteiger partial charge in [0.15, 0.2) is 0 Å². The van der Waals surface area contributed by atoms with Crippen LogP contribution in [0.5, 0.6) is 0 Å². The lowest BCUT2D eigenvalue weighted by Gasteiger charge is -2.23.